The van der Waals surface area contributed by atoms with Gasteiger partial charge in [0, 0.05) is 18.4 Å². The van der Waals surface area contributed by atoms with Gasteiger partial charge in [0.1, 0.15) is 11.5 Å². The van der Waals surface area contributed by atoms with Crippen molar-refractivity contribution >= 4 is 5.97 Å². The zero-order chi connectivity index (χ0) is 23.4. The Bertz CT molecular complexity index is 1110. The smallest absolute Gasteiger partial charge is 0.364 e. The molecular formula is C26H29NO6. The van der Waals surface area contributed by atoms with E-state index in [2.05, 4.69) is 4.98 Å². The Morgan fingerprint density at radius 1 is 1.09 bits per heavy atom. The van der Waals surface area contributed by atoms with Crippen LogP contribution in [0.5, 0.6) is 5.75 Å². The molecule has 0 unspecified atom stereocenters. The van der Waals surface area contributed by atoms with Gasteiger partial charge in [-0.25, -0.2) is 9.78 Å². The summed E-state index contributed by atoms with van der Waals surface area (Å²) in [6.45, 7) is 7.08. The minimum atomic E-state index is -1.62. The summed E-state index contributed by atoms with van der Waals surface area (Å²) in [5.74, 6) is -0.610. The molecule has 2 aromatic carbocycles. The second kappa shape index (κ2) is 9.77. The van der Waals surface area contributed by atoms with Gasteiger partial charge in [-0.1, -0.05) is 23.8 Å². The number of carbonyl (C=O) groups is 1. The van der Waals surface area contributed by atoms with E-state index >= 15 is 0 Å². The molecule has 7 nitrogen and oxygen atoms in total. The first-order chi connectivity index (χ1) is 15.9. The molecule has 1 aromatic heterocycles. The fraction of sp³-hybridized carbons (Fsp3) is 0.385. The Hall–Kier alpha value is -3.16. The molecule has 0 aliphatic carbocycles. The highest BCUT2D eigenvalue weighted by Crippen LogP contribution is 2.28. The van der Waals surface area contributed by atoms with E-state index in [0.717, 1.165) is 28.1 Å². The van der Waals surface area contributed by atoms with Gasteiger partial charge in [-0.3, -0.25) is 0 Å². The SMILES string of the molecule is Cc1ccc(-c2nc(CCOc3ccc(CC4(C(=O)O)OCCCO4)c(C)c3)c(C)o2)cc1. The number of ether oxygens (including phenoxy) is 3. The molecule has 0 atom stereocenters. The number of hydrogen-bond acceptors (Lipinski definition) is 6. The minimum absolute atomic E-state index is 0.147. The second-order valence-electron chi connectivity index (χ2n) is 8.36. The Balaban J connectivity index is 1.37. The van der Waals surface area contributed by atoms with Crippen molar-refractivity contribution in [2.45, 2.75) is 45.8 Å². The van der Waals surface area contributed by atoms with Crippen LogP contribution in [-0.2, 0) is 27.1 Å². The standard InChI is InChI=1S/C26H29NO6/c1-17-5-7-20(8-6-17)24-27-23(19(3)33-24)11-14-30-22-10-9-21(18(2)15-22)16-26(25(28)29)31-12-4-13-32-26/h5-10,15H,4,11-14,16H2,1-3H3,(H,28,29). The first kappa shape index (κ1) is 23.0. The molecule has 1 aliphatic heterocycles. The van der Waals surface area contributed by atoms with Crippen molar-refractivity contribution in [2.75, 3.05) is 19.8 Å². The van der Waals surface area contributed by atoms with E-state index in [1.165, 1.54) is 5.56 Å². The molecule has 0 saturated carbocycles. The van der Waals surface area contributed by atoms with Crippen LogP contribution in [-0.4, -0.2) is 41.7 Å². The van der Waals surface area contributed by atoms with Crippen LogP contribution in [0.25, 0.3) is 11.5 Å². The Labute approximate surface area is 193 Å². The van der Waals surface area contributed by atoms with E-state index in [1.807, 2.05) is 63.2 Å². The Kier molecular flexibility index (Phi) is 6.81. The monoisotopic (exact) mass is 451 g/mol. The zero-order valence-corrected chi connectivity index (χ0v) is 19.2. The maximum atomic E-state index is 11.8. The van der Waals surface area contributed by atoms with Crippen LogP contribution in [0.15, 0.2) is 46.9 Å². The van der Waals surface area contributed by atoms with Gasteiger partial charge >= 0.3 is 5.97 Å². The van der Waals surface area contributed by atoms with Gasteiger partial charge in [-0.05, 0) is 62.6 Å². The summed E-state index contributed by atoms with van der Waals surface area (Å²) in [5, 5.41) is 9.64. The lowest BCUT2D eigenvalue weighted by Gasteiger charge is -2.33. The van der Waals surface area contributed by atoms with Crippen LogP contribution < -0.4 is 4.74 Å². The summed E-state index contributed by atoms with van der Waals surface area (Å²) in [6.07, 6.45) is 1.46. The van der Waals surface area contributed by atoms with E-state index in [0.29, 0.717) is 44.3 Å². The average molecular weight is 452 g/mol. The van der Waals surface area contributed by atoms with Crippen LogP contribution in [0, 0.1) is 20.8 Å². The number of carboxylic acid groups (broad SMARTS) is 1. The number of rotatable bonds is 8. The van der Waals surface area contributed by atoms with Crippen molar-refractivity contribution in [3.63, 3.8) is 0 Å². The third kappa shape index (κ3) is 5.26. The van der Waals surface area contributed by atoms with Crippen LogP contribution >= 0.6 is 0 Å². The summed E-state index contributed by atoms with van der Waals surface area (Å²) in [5.41, 5.74) is 4.78. The number of carboxylic acids is 1. The number of hydrogen-bond donors (Lipinski definition) is 1. The van der Waals surface area contributed by atoms with Gasteiger partial charge in [0.2, 0.25) is 5.89 Å². The molecule has 1 N–H and O–H groups in total. The Morgan fingerprint density at radius 3 is 2.48 bits per heavy atom. The largest absolute Gasteiger partial charge is 0.493 e. The predicted octanol–water partition coefficient (Wildman–Crippen LogP) is 4.65. The van der Waals surface area contributed by atoms with Crippen molar-refractivity contribution in [3.8, 4) is 17.2 Å². The van der Waals surface area contributed by atoms with Gasteiger partial charge in [0.15, 0.2) is 0 Å². The molecule has 0 amide bonds. The maximum Gasteiger partial charge on any atom is 0.364 e. The molecule has 2 heterocycles. The number of aryl methyl sites for hydroxylation is 3. The summed E-state index contributed by atoms with van der Waals surface area (Å²) >= 11 is 0. The predicted molar refractivity (Wildman–Crippen MR) is 122 cm³/mol. The van der Waals surface area contributed by atoms with Crippen molar-refractivity contribution < 1.29 is 28.5 Å². The topological polar surface area (TPSA) is 91.0 Å². The van der Waals surface area contributed by atoms with Crippen molar-refractivity contribution in [3.05, 3.63) is 70.6 Å². The quantitative estimate of drug-likeness (QED) is 0.533. The van der Waals surface area contributed by atoms with Crippen LogP contribution in [0.3, 0.4) is 0 Å². The number of aromatic nitrogens is 1. The molecule has 0 spiro atoms. The summed E-state index contributed by atoms with van der Waals surface area (Å²) < 4.78 is 22.8. The summed E-state index contributed by atoms with van der Waals surface area (Å²) in [4.78, 5) is 16.4. The number of nitrogens with zero attached hydrogens (tertiary/aromatic N) is 1. The van der Waals surface area contributed by atoms with Crippen molar-refractivity contribution in [2.24, 2.45) is 0 Å². The fourth-order valence-corrected chi connectivity index (χ4v) is 3.83. The van der Waals surface area contributed by atoms with Gasteiger partial charge in [-0.2, -0.15) is 0 Å². The van der Waals surface area contributed by atoms with Gasteiger partial charge in [0.25, 0.3) is 5.79 Å². The molecule has 4 rings (SSSR count). The van der Waals surface area contributed by atoms with Gasteiger partial charge in [0.05, 0.1) is 25.5 Å². The highest BCUT2D eigenvalue weighted by molar-refractivity contribution is 5.76. The normalized spacial score (nSPS) is 15.4. The molecule has 1 saturated heterocycles. The summed E-state index contributed by atoms with van der Waals surface area (Å²) in [7, 11) is 0. The molecule has 1 aliphatic rings. The maximum absolute atomic E-state index is 11.8. The first-order valence-corrected chi connectivity index (χ1v) is 11.1. The molecule has 7 heteroatoms. The van der Waals surface area contributed by atoms with E-state index < -0.39 is 11.8 Å². The third-order valence-electron chi connectivity index (χ3n) is 5.82. The lowest BCUT2D eigenvalue weighted by atomic mass is 9.99. The molecule has 3 aromatic rings. The van der Waals surface area contributed by atoms with E-state index in [-0.39, 0.29) is 6.42 Å². The lowest BCUT2D eigenvalue weighted by molar-refractivity contribution is -0.265. The fourth-order valence-electron chi connectivity index (χ4n) is 3.83. The van der Waals surface area contributed by atoms with Gasteiger partial charge in [-0.15, -0.1) is 0 Å². The van der Waals surface area contributed by atoms with E-state index in [9.17, 15) is 9.90 Å². The third-order valence-corrected chi connectivity index (χ3v) is 5.82. The number of benzene rings is 2. The summed E-state index contributed by atoms with van der Waals surface area (Å²) in [6, 6.07) is 13.7. The lowest BCUT2D eigenvalue weighted by Crippen LogP contribution is -2.49. The molecule has 0 radical (unpaired) electrons. The number of oxazole rings is 1. The molecule has 0 bridgehead atoms. The van der Waals surface area contributed by atoms with E-state index in [4.69, 9.17) is 18.6 Å². The second-order valence-corrected chi connectivity index (χ2v) is 8.36. The highest BCUT2D eigenvalue weighted by Gasteiger charge is 2.43. The minimum Gasteiger partial charge on any atom is -0.493 e. The first-order valence-electron chi connectivity index (χ1n) is 11.1. The molecular weight excluding hydrogens is 422 g/mol. The zero-order valence-electron chi connectivity index (χ0n) is 19.2. The molecule has 1 fully saturated rings. The molecule has 174 valence electrons. The molecule has 33 heavy (non-hydrogen) atoms. The Morgan fingerprint density at radius 2 is 1.82 bits per heavy atom. The van der Waals surface area contributed by atoms with E-state index in [1.54, 1.807) is 0 Å². The van der Waals surface area contributed by atoms with Crippen molar-refractivity contribution in [1.82, 2.24) is 4.98 Å². The van der Waals surface area contributed by atoms with Crippen LogP contribution in [0.4, 0.5) is 0 Å². The highest BCUT2D eigenvalue weighted by atomic mass is 16.7. The van der Waals surface area contributed by atoms with Crippen molar-refractivity contribution in [1.29, 1.82) is 0 Å². The average Bonchev–Trinajstić information content (AvgIpc) is 3.17. The van der Waals surface area contributed by atoms with Crippen LogP contribution in [0.1, 0.15) is 34.6 Å². The van der Waals surface area contributed by atoms with Crippen LogP contribution in [0.2, 0.25) is 0 Å². The number of aliphatic carboxylic acids is 1. The van der Waals surface area contributed by atoms with Gasteiger partial charge < -0.3 is 23.7 Å².